The molecule has 0 amide bonds. The van der Waals surface area contributed by atoms with Crippen molar-refractivity contribution in [3.63, 3.8) is 0 Å². The molecule has 7 heteroatoms. The molecule has 0 aliphatic heterocycles. The zero-order valence-electron chi connectivity index (χ0n) is 11.4. The summed E-state index contributed by atoms with van der Waals surface area (Å²) in [7, 11) is 0. The second kappa shape index (κ2) is 6.43. The number of hydrogen-bond acceptors (Lipinski definition) is 6. The smallest absolute Gasteiger partial charge is 0.0929 e. The highest BCUT2D eigenvalue weighted by atomic mass is 32.1. The van der Waals surface area contributed by atoms with Gasteiger partial charge in [-0.05, 0) is 18.9 Å². The zero-order chi connectivity index (χ0) is 13.8. The van der Waals surface area contributed by atoms with E-state index in [1.165, 1.54) is 43.8 Å². The fraction of sp³-hybridized carbons (Fsp3) is 0.615. The first-order chi connectivity index (χ1) is 9.86. The van der Waals surface area contributed by atoms with Crippen LogP contribution in [0, 0.1) is 0 Å². The molecule has 1 aliphatic carbocycles. The highest BCUT2D eigenvalue weighted by Crippen LogP contribution is 2.27. The third-order valence-corrected chi connectivity index (χ3v) is 4.45. The summed E-state index contributed by atoms with van der Waals surface area (Å²) in [5.41, 5.74) is 4.72. The average molecular weight is 292 g/mol. The van der Waals surface area contributed by atoms with Crippen molar-refractivity contribution < 1.29 is 0 Å². The Morgan fingerprint density at radius 3 is 2.95 bits per heavy atom. The maximum atomic E-state index is 5.61. The van der Waals surface area contributed by atoms with Gasteiger partial charge in [-0.25, -0.2) is 0 Å². The molecular formula is C13H20N6S. The monoisotopic (exact) mass is 292 g/mol. The van der Waals surface area contributed by atoms with E-state index in [-0.39, 0.29) is 6.04 Å². The SMILES string of the molecule is NNC(Cc1ccn(C2CCCCC2)n1)c1cnsn1. The van der Waals surface area contributed by atoms with Crippen molar-refractivity contribution in [2.24, 2.45) is 5.84 Å². The molecule has 3 rings (SSSR count). The van der Waals surface area contributed by atoms with Crippen LogP contribution in [0.5, 0.6) is 0 Å². The van der Waals surface area contributed by atoms with Crippen LogP contribution in [0.25, 0.3) is 0 Å². The number of rotatable bonds is 5. The molecule has 2 aromatic rings. The van der Waals surface area contributed by atoms with Crippen molar-refractivity contribution in [1.82, 2.24) is 24.0 Å². The van der Waals surface area contributed by atoms with E-state index in [1.807, 2.05) is 0 Å². The second-order valence-electron chi connectivity index (χ2n) is 5.33. The topological polar surface area (TPSA) is 81.6 Å². The molecule has 2 aromatic heterocycles. The molecule has 1 atom stereocenters. The Bertz CT molecular complexity index is 517. The summed E-state index contributed by atoms with van der Waals surface area (Å²) in [6, 6.07) is 2.63. The average Bonchev–Trinajstić information content (AvgIpc) is 3.17. The van der Waals surface area contributed by atoms with Crippen LogP contribution in [0.2, 0.25) is 0 Å². The number of nitrogens with zero attached hydrogens (tertiary/aromatic N) is 4. The van der Waals surface area contributed by atoms with Crippen LogP contribution in [0.15, 0.2) is 18.5 Å². The number of hydrogen-bond donors (Lipinski definition) is 2. The van der Waals surface area contributed by atoms with Gasteiger partial charge in [-0.2, -0.15) is 13.8 Å². The van der Waals surface area contributed by atoms with Crippen molar-refractivity contribution in [2.45, 2.75) is 50.6 Å². The summed E-state index contributed by atoms with van der Waals surface area (Å²) in [5, 5.41) is 4.71. The number of nitrogens with two attached hydrogens (primary N) is 1. The predicted octanol–water partition coefficient (Wildman–Crippen LogP) is 1.99. The van der Waals surface area contributed by atoms with Crippen LogP contribution in [0.4, 0.5) is 0 Å². The van der Waals surface area contributed by atoms with Gasteiger partial charge in [0.15, 0.2) is 0 Å². The Kier molecular flexibility index (Phi) is 4.39. The fourth-order valence-corrected chi connectivity index (χ4v) is 3.29. The van der Waals surface area contributed by atoms with Crippen LogP contribution < -0.4 is 11.3 Å². The molecule has 108 valence electrons. The van der Waals surface area contributed by atoms with E-state index in [1.54, 1.807) is 6.20 Å². The molecule has 0 radical (unpaired) electrons. The summed E-state index contributed by atoms with van der Waals surface area (Å²) in [6.07, 6.45) is 11.1. The highest BCUT2D eigenvalue weighted by molar-refractivity contribution is 6.99. The third-order valence-electron chi connectivity index (χ3n) is 3.96. The van der Waals surface area contributed by atoms with E-state index in [4.69, 9.17) is 10.9 Å². The molecule has 1 unspecified atom stereocenters. The molecule has 0 bridgehead atoms. The van der Waals surface area contributed by atoms with E-state index >= 15 is 0 Å². The van der Waals surface area contributed by atoms with Crippen molar-refractivity contribution in [1.29, 1.82) is 0 Å². The molecule has 20 heavy (non-hydrogen) atoms. The van der Waals surface area contributed by atoms with Gasteiger partial charge in [0.1, 0.15) is 0 Å². The quantitative estimate of drug-likeness (QED) is 0.650. The molecule has 6 nitrogen and oxygen atoms in total. The van der Waals surface area contributed by atoms with Gasteiger partial charge >= 0.3 is 0 Å². The summed E-state index contributed by atoms with van der Waals surface area (Å²) in [6.45, 7) is 0. The lowest BCUT2D eigenvalue weighted by Crippen LogP contribution is -2.30. The van der Waals surface area contributed by atoms with Crippen molar-refractivity contribution in [3.8, 4) is 0 Å². The minimum absolute atomic E-state index is 0.0246. The Hall–Kier alpha value is -1.31. The first-order valence-corrected chi connectivity index (χ1v) is 7.87. The predicted molar refractivity (Wildman–Crippen MR) is 78.0 cm³/mol. The van der Waals surface area contributed by atoms with Crippen LogP contribution in [0.1, 0.15) is 55.6 Å². The van der Waals surface area contributed by atoms with E-state index < -0.39 is 0 Å². The first kappa shape index (κ1) is 13.7. The Morgan fingerprint density at radius 2 is 2.25 bits per heavy atom. The van der Waals surface area contributed by atoms with Crippen molar-refractivity contribution >= 4 is 11.7 Å². The molecule has 1 saturated carbocycles. The number of aromatic nitrogens is 4. The fourth-order valence-electron chi connectivity index (χ4n) is 2.82. The van der Waals surface area contributed by atoms with Gasteiger partial charge in [0.25, 0.3) is 0 Å². The van der Waals surface area contributed by atoms with Gasteiger partial charge in [-0.3, -0.25) is 16.0 Å². The first-order valence-electron chi connectivity index (χ1n) is 7.14. The lowest BCUT2D eigenvalue weighted by Gasteiger charge is -2.21. The largest absolute Gasteiger partial charge is 0.271 e. The third kappa shape index (κ3) is 3.05. The highest BCUT2D eigenvalue weighted by Gasteiger charge is 2.18. The van der Waals surface area contributed by atoms with E-state index in [0.717, 1.165) is 17.8 Å². The second-order valence-corrected chi connectivity index (χ2v) is 5.89. The van der Waals surface area contributed by atoms with E-state index in [2.05, 4.69) is 31.1 Å². The number of hydrazine groups is 1. The Balaban J connectivity index is 1.67. The van der Waals surface area contributed by atoms with E-state index in [0.29, 0.717) is 6.04 Å². The summed E-state index contributed by atoms with van der Waals surface area (Å²) >= 11 is 1.20. The minimum Gasteiger partial charge on any atom is -0.271 e. The van der Waals surface area contributed by atoms with Crippen LogP contribution >= 0.6 is 11.7 Å². The minimum atomic E-state index is -0.0246. The number of nitrogens with one attached hydrogen (secondary N) is 1. The van der Waals surface area contributed by atoms with Crippen LogP contribution in [-0.2, 0) is 6.42 Å². The van der Waals surface area contributed by atoms with Crippen LogP contribution in [-0.4, -0.2) is 18.5 Å². The standard InChI is InChI=1S/C13H20N6S/c14-16-12(13-9-15-20-18-13)8-10-6-7-19(17-10)11-4-2-1-3-5-11/h6-7,9,11-12,16H,1-5,8,14H2. The van der Waals surface area contributed by atoms with Gasteiger partial charge in [-0.1, -0.05) is 19.3 Å². The lowest BCUT2D eigenvalue weighted by molar-refractivity contribution is 0.327. The molecule has 2 heterocycles. The molecule has 0 aromatic carbocycles. The van der Waals surface area contributed by atoms with Gasteiger partial charge in [0.2, 0.25) is 0 Å². The van der Waals surface area contributed by atoms with Gasteiger partial charge in [0.05, 0.1) is 41.4 Å². The normalized spacial score (nSPS) is 18.2. The molecule has 1 aliphatic rings. The van der Waals surface area contributed by atoms with Crippen molar-refractivity contribution in [3.05, 3.63) is 29.8 Å². The molecule has 1 fully saturated rings. The van der Waals surface area contributed by atoms with Gasteiger partial charge < -0.3 is 0 Å². The van der Waals surface area contributed by atoms with E-state index in [9.17, 15) is 0 Å². The molecule has 0 spiro atoms. The molecular weight excluding hydrogens is 272 g/mol. The zero-order valence-corrected chi connectivity index (χ0v) is 12.2. The Labute approximate surface area is 122 Å². The molecule has 3 N–H and O–H groups in total. The van der Waals surface area contributed by atoms with Crippen LogP contribution in [0.3, 0.4) is 0 Å². The van der Waals surface area contributed by atoms with Crippen molar-refractivity contribution in [2.75, 3.05) is 0 Å². The maximum absolute atomic E-state index is 5.61. The summed E-state index contributed by atoms with van der Waals surface area (Å²) in [4.78, 5) is 0. The Morgan fingerprint density at radius 1 is 1.40 bits per heavy atom. The van der Waals surface area contributed by atoms with Gasteiger partial charge in [0, 0.05) is 12.6 Å². The lowest BCUT2D eigenvalue weighted by atomic mass is 9.96. The maximum Gasteiger partial charge on any atom is 0.0929 e. The molecule has 0 saturated heterocycles. The summed E-state index contributed by atoms with van der Waals surface area (Å²) in [5.74, 6) is 5.61. The summed E-state index contributed by atoms with van der Waals surface area (Å²) < 4.78 is 10.4. The van der Waals surface area contributed by atoms with Gasteiger partial charge in [-0.15, -0.1) is 0 Å².